The van der Waals surface area contributed by atoms with Crippen LogP contribution in [0.1, 0.15) is 19.3 Å². The average Bonchev–Trinajstić information content (AvgIpc) is 2.01. The van der Waals surface area contributed by atoms with Crippen molar-refractivity contribution in [1.82, 2.24) is 0 Å². The number of hydrogen-bond acceptors (Lipinski definition) is 2. The molecule has 0 rings (SSSR count). The summed E-state index contributed by atoms with van der Waals surface area (Å²) >= 11 is 0. The molecule has 0 aliphatic carbocycles. The van der Waals surface area contributed by atoms with Crippen LogP contribution in [0.3, 0.4) is 0 Å². The molecule has 0 aromatic rings. The zero-order valence-electron chi connectivity index (χ0n) is 6.74. The first-order valence-corrected chi connectivity index (χ1v) is 3.89. The van der Waals surface area contributed by atoms with Crippen molar-refractivity contribution >= 4 is 0 Å². The van der Waals surface area contributed by atoms with Crippen molar-refractivity contribution in [3.05, 3.63) is 24.8 Å². The molecule has 2 N–H and O–H groups in total. The van der Waals surface area contributed by atoms with E-state index in [-0.39, 0.29) is 12.7 Å². The predicted octanol–water partition coefficient (Wildman–Crippen LogP) is 1.25. The van der Waals surface area contributed by atoms with Gasteiger partial charge in [0.05, 0.1) is 6.10 Å². The molecule has 0 aromatic heterocycles. The van der Waals surface area contributed by atoms with E-state index in [4.69, 9.17) is 5.11 Å². The Morgan fingerprint density at radius 2 is 2.09 bits per heavy atom. The molecule has 64 valence electrons. The van der Waals surface area contributed by atoms with E-state index in [2.05, 4.69) is 6.58 Å². The highest BCUT2D eigenvalue weighted by Gasteiger charge is 1.96. The minimum absolute atomic E-state index is 0.206. The van der Waals surface area contributed by atoms with Gasteiger partial charge in [0.15, 0.2) is 0 Å². The molecule has 0 saturated heterocycles. The molecule has 0 aliphatic rings. The van der Waals surface area contributed by atoms with Crippen molar-refractivity contribution in [2.75, 3.05) is 6.61 Å². The molecule has 0 spiro atoms. The zero-order chi connectivity index (χ0) is 8.53. The number of rotatable bonds is 6. The molecular weight excluding hydrogens is 140 g/mol. The molecule has 2 nitrogen and oxygen atoms in total. The maximum Gasteiger partial charge on any atom is 0.0724 e. The van der Waals surface area contributed by atoms with Gasteiger partial charge in [-0.1, -0.05) is 24.8 Å². The van der Waals surface area contributed by atoms with E-state index in [0.717, 1.165) is 12.8 Å². The molecule has 0 amide bonds. The van der Waals surface area contributed by atoms with E-state index in [1.165, 1.54) is 0 Å². The van der Waals surface area contributed by atoms with Crippen LogP contribution in [0.25, 0.3) is 0 Å². The summed E-state index contributed by atoms with van der Waals surface area (Å²) in [5.74, 6) is 0. The smallest absolute Gasteiger partial charge is 0.0724 e. The first-order chi connectivity index (χ1) is 5.31. The Balaban J connectivity index is 3.28. The lowest BCUT2D eigenvalue weighted by Gasteiger charge is -2.02. The van der Waals surface area contributed by atoms with Gasteiger partial charge in [-0.05, 0) is 19.3 Å². The second-order valence-electron chi connectivity index (χ2n) is 2.41. The van der Waals surface area contributed by atoms with Crippen LogP contribution < -0.4 is 0 Å². The van der Waals surface area contributed by atoms with Crippen LogP contribution in [-0.4, -0.2) is 22.9 Å². The summed E-state index contributed by atoms with van der Waals surface area (Å²) in [4.78, 5) is 0. The molecule has 0 radical (unpaired) electrons. The molecule has 0 bridgehead atoms. The second kappa shape index (κ2) is 7.51. The molecule has 0 saturated carbocycles. The van der Waals surface area contributed by atoms with E-state index in [0.29, 0.717) is 6.42 Å². The number of hydrogen-bond donors (Lipinski definition) is 2. The van der Waals surface area contributed by atoms with E-state index >= 15 is 0 Å². The molecular formula is C9H16O2. The van der Waals surface area contributed by atoms with Gasteiger partial charge in [-0.2, -0.15) is 0 Å². The molecule has 2 heteroatoms. The Labute approximate surface area is 67.9 Å². The Kier molecular flexibility index (Phi) is 7.10. The van der Waals surface area contributed by atoms with Gasteiger partial charge in [-0.15, -0.1) is 0 Å². The highest BCUT2D eigenvalue weighted by atomic mass is 16.3. The monoisotopic (exact) mass is 156 g/mol. The van der Waals surface area contributed by atoms with Crippen molar-refractivity contribution < 1.29 is 10.2 Å². The van der Waals surface area contributed by atoms with Crippen LogP contribution in [0.15, 0.2) is 24.8 Å². The minimum Gasteiger partial charge on any atom is -0.396 e. The van der Waals surface area contributed by atoms with Crippen LogP contribution >= 0.6 is 0 Å². The lowest BCUT2D eigenvalue weighted by Crippen LogP contribution is -2.01. The maximum atomic E-state index is 9.19. The minimum atomic E-state index is -0.389. The zero-order valence-corrected chi connectivity index (χ0v) is 6.74. The van der Waals surface area contributed by atoms with Gasteiger partial charge in [-0.3, -0.25) is 0 Å². The summed E-state index contributed by atoms with van der Waals surface area (Å²) in [5.41, 5.74) is 0. The number of allylic oxidation sites excluding steroid dienone is 2. The van der Waals surface area contributed by atoms with Crippen molar-refractivity contribution in [3.63, 3.8) is 0 Å². The van der Waals surface area contributed by atoms with E-state index in [1.54, 1.807) is 18.2 Å². The highest BCUT2D eigenvalue weighted by Crippen LogP contribution is 2.01. The quantitative estimate of drug-likeness (QED) is 0.449. The second-order valence-corrected chi connectivity index (χ2v) is 2.41. The van der Waals surface area contributed by atoms with Crippen molar-refractivity contribution in [3.8, 4) is 0 Å². The van der Waals surface area contributed by atoms with Gasteiger partial charge in [0.1, 0.15) is 0 Å². The molecule has 0 aromatic carbocycles. The summed E-state index contributed by atoms with van der Waals surface area (Å²) in [7, 11) is 0. The summed E-state index contributed by atoms with van der Waals surface area (Å²) < 4.78 is 0. The van der Waals surface area contributed by atoms with Gasteiger partial charge < -0.3 is 10.2 Å². The van der Waals surface area contributed by atoms with Crippen LogP contribution in [0.2, 0.25) is 0 Å². The number of unbranched alkanes of at least 4 members (excludes halogenated alkanes) is 1. The maximum absolute atomic E-state index is 9.19. The lowest BCUT2D eigenvalue weighted by atomic mass is 10.1. The van der Waals surface area contributed by atoms with Crippen molar-refractivity contribution in [2.45, 2.75) is 25.4 Å². The third-order valence-corrected chi connectivity index (χ3v) is 1.38. The van der Waals surface area contributed by atoms with Crippen LogP contribution in [0.5, 0.6) is 0 Å². The highest BCUT2D eigenvalue weighted by molar-refractivity contribution is 5.00. The van der Waals surface area contributed by atoms with Gasteiger partial charge in [0.25, 0.3) is 0 Å². The fourth-order valence-electron chi connectivity index (χ4n) is 0.768. The van der Waals surface area contributed by atoms with Gasteiger partial charge in [0.2, 0.25) is 0 Å². The van der Waals surface area contributed by atoms with Gasteiger partial charge >= 0.3 is 0 Å². The Bertz CT molecular complexity index is 119. The molecule has 1 unspecified atom stereocenters. The fourth-order valence-corrected chi connectivity index (χ4v) is 0.768. The van der Waals surface area contributed by atoms with Gasteiger partial charge in [0, 0.05) is 6.61 Å². The molecule has 11 heavy (non-hydrogen) atoms. The summed E-state index contributed by atoms with van der Waals surface area (Å²) in [5, 5.41) is 17.6. The molecule has 1 atom stereocenters. The first kappa shape index (κ1) is 10.4. The Hall–Kier alpha value is -0.600. The Morgan fingerprint density at radius 1 is 1.36 bits per heavy atom. The SMILES string of the molecule is C=CC=CC(O)CCCCO. The van der Waals surface area contributed by atoms with Crippen LogP contribution in [0.4, 0.5) is 0 Å². The summed E-state index contributed by atoms with van der Waals surface area (Å²) in [6.45, 7) is 3.70. The van der Waals surface area contributed by atoms with E-state index < -0.39 is 0 Å². The van der Waals surface area contributed by atoms with Crippen molar-refractivity contribution in [1.29, 1.82) is 0 Å². The average molecular weight is 156 g/mol. The lowest BCUT2D eigenvalue weighted by molar-refractivity contribution is 0.201. The van der Waals surface area contributed by atoms with E-state index in [9.17, 15) is 5.11 Å². The molecule has 0 heterocycles. The largest absolute Gasteiger partial charge is 0.396 e. The topological polar surface area (TPSA) is 40.5 Å². The number of aliphatic hydroxyl groups excluding tert-OH is 2. The predicted molar refractivity (Wildman–Crippen MR) is 46.3 cm³/mol. The van der Waals surface area contributed by atoms with Crippen LogP contribution in [-0.2, 0) is 0 Å². The normalized spacial score (nSPS) is 13.6. The summed E-state index contributed by atoms with van der Waals surface area (Å²) in [6.07, 6.45) is 7.01. The molecule has 0 fully saturated rings. The molecule has 0 aliphatic heterocycles. The fraction of sp³-hybridized carbons (Fsp3) is 0.556. The van der Waals surface area contributed by atoms with Crippen molar-refractivity contribution in [2.24, 2.45) is 0 Å². The first-order valence-electron chi connectivity index (χ1n) is 3.89. The standard InChI is InChI=1S/C9H16O2/c1-2-3-6-9(11)7-4-5-8-10/h2-3,6,9-11H,1,4-5,7-8H2. The Morgan fingerprint density at radius 3 is 2.64 bits per heavy atom. The van der Waals surface area contributed by atoms with E-state index in [1.807, 2.05) is 0 Å². The van der Waals surface area contributed by atoms with Crippen LogP contribution in [0, 0.1) is 0 Å². The number of aliphatic hydroxyl groups is 2. The van der Waals surface area contributed by atoms with Gasteiger partial charge in [-0.25, -0.2) is 0 Å². The third-order valence-electron chi connectivity index (χ3n) is 1.38. The summed E-state index contributed by atoms with van der Waals surface area (Å²) in [6, 6.07) is 0. The third kappa shape index (κ3) is 7.30.